The molecule has 0 aromatic rings. The zero-order valence-corrected chi connectivity index (χ0v) is 9.54. The molecule has 0 aromatic heterocycles. The number of carbonyl (C=O) groups is 1. The quantitative estimate of drug-likeness (QED) is 0.776. The summed E-state index contributed by atoms with van der Waals surface area (Å²) in [5.74, 6) is -0.885. The van der Waals surface area contributed by atoms with Crippen LogP contribution in [0.25, 0.3) is 0 Å². The molecule has 1 aliphatic carbocycles. The van der Waals surface area contributed by atoms with Gasteiger partial charge in [-0.15, -0.1) is 0 Å². The van der Waals surface area contributed by atoms with Crippen molar-refractivity contribution in [3.8, 4) is 0 Å². The maximum absolute atomic E-state index is 10.8. The topological polar surface area (TPSA) is 40.5 Å². The maximum atomic E-state index is 10.8. The minimum Gasteiger partial charge on any atom is -0.481 e. The van der Waals surface area contributed by atoms with Crippen LogP contribution >= 0.6 is 0 Å². The molecule has 0 amide bonds. The number of hydrogen-bond donors (Lipinski definition) is 1. The van der Waals surface area contributed by atoms with Crippen molar-refractivity contribution in [2.24, 2.45) is 11.3 Å². The van der Waals surface area contributed by atoms with Crippen LogP contribution in [0.1, 0.15) is 39.0 Å². The molecule has 3 heteroatoms. The van der Waals surface area contributed by atoms with Gasteiger partial charge >= 0.3 is 5.97 Å². The van der Waals surface area contributed by atoms with E-state index in [1.807, 2.05) is 6.92 Å². The molecule has 2 aliphatic rings. The molecule has 1 saturated heterocycles. The predicted octanol–water partition coefficient (Wildman–Crippen LogP) is 1.97. The standard InChI is InChI=1S/C12H21NO2/c1-10(11(14)15)8-13-7-6-12(9-13)4-2-3-5-12/h10H,2-9H2,1H3,(H,14,15). The Hall–Kier alpha value is -0.570. The second-order valence-electron chi connectivity index (χ2n) is 5.43. The first-order valence-corrected chi connectivity index (χ1v) is 6.06. The van der Waals surface area contributed by atoms with Crippen LogP contribution in [0.5, 0.6) is 0 Å². The van der Waals surface area contributed by atoms with Gasteiger partial charge in [0.05, 0.1) is 5.92 Å². The summed E-state index contributed by atoms with van der Waals surface area (Å²) in [4.78, 5) is 13.1. The molecule has 1 heterocycles. The van der Waals surface area contributed by atoms with Crippen LogP contribution in [0.2, 0.25) is 0 Å². The lowest BCUT2D eigenvalue weighted by Crippen LogP contribution is -2.31. The molecule has 0 bridgehead atoms. The minimum absolute atomic E-state index is 0.221. The zero-order chi connectivity index (χ0) is 10.9. The number of carboxylic acids is 1. The number of likely N-dealkylation sites (tertiary alicyclic amines) is 1. The van der Waals surface area contributed by atoms with E-state index in [1.165, 1.54) is 32.1 Å². The van der Waals surface area contributed by atoms with Crippen molar-refractivity contribution in [1.82, 2.24) is 4.90 Å². The smallest absolute Gasteiger partial charge is 0.307 e. The first-order valence-electron chi connectivity index (χ1n) is 6.06. The van der Waals surface area contributed by atoms with Gasteiger partial charge in [-0.05, 0) is 31.2 Å². The van der Waals surface area contributed by atoms with E-state index in [-0.39, 0.29) is 5.92 Å². The third-order valence-electron chi connectivity index (χ3n) is 4.14. The van der Waals surface area contributed by atoms with E-state index in [1.54, 1.807) is 0 Å². The molecule has 1 unspecified atom stereocenters. The summed E-state index contributed by atoms with van der Waals surface area (Å²) in [6.45, 7) is 4.79. The summed E-state index contributed by atoms with van der Waals surface area (Å²) >= 11 is 0. The molecule has 1 atom stereocenters. The highest BCUT2D eigenvalue weighted by atomic mass is 16.4. The predicted molar refractivity (Wildman–Crippen MR) is 58.8 cm³/mol. The Labute approximate surface area is 91.5 Å². The largest absolute Gasteiger partial charge is 0.481 e. The van der Waals surface area contributed by atoms with Crippen molar-refractivity contribution in [2.75, 3.05) is 19.6 Å². The van der Waals surface area contributed by atoms with Gasteiger partial charge in [-0.2, -0.15) is 0 Å². The van der Waals surface area contributed by atoms with Gasteiger partial charge in [-0.1, -0.05) is 19.8 Å². The molecule has 2 rings (SSSR count). The van der Waals surface area contributed by atoms with Crippen molar-refractivity contribution in [3.63, 3.8) is 0 Å². The monoisotopic (exact) mass is 211 g/mol. The molecule has 1 aliphatic heterocycles. The van der Waals surface area contributed by atoms with E-state index in [0.29, 0.717) is 5.41 Å². The Morgan fingerprint density at radius 1 is 1.40 bits per heavy atom. The van der Waals surface area contributed by atoms with Crippen LogP contribution in [0.4, 0.5) is 0 Å². The molecule has 3 nitrogen and oxygen atoms in total. The van der Waals surface area contributed by atoms with Gasteiger partial charge in [0.15, 0.2) is 0 Å². The van der Waals surface area contributed by atoms with Crippen LogP contribution in [0, 0.1) is 11.3 Å². The lowest BCUT2D eigenvalue weighted by molar-refractivity contribution is -0.141. The maximum Gasteiger partial charge on any atom is 0.307 e. The Morgan fingerprint density at radius 2 is 2.07 bits per heavy atom. The Kier molecular flexibility index (Phi) is 3.01. The second-order valence-corrected chi connectivity index (χ2v) is 5.43. The van der Waals surface area contributed by atoms with Gasteiger partial charge in [-0.25, -0.2) is 0 Å². The number of carboxylic acid groups (broad SMARTS) is 1. The third-order valence-corrected chi connectivity index (χ3v) is 4.14. The normalized spacial score (nSPS) is 27.3. The van der Waals surface area contributed by atoms with Crippen molar-refractivity contribution >= 4 is 5.97 Å². The SMILES string of the molecule is CC(CN1CCC2(CCCC2)C1)C(=O)O. The van der Waals surface area contributed by atoms with Crippen molar-refractivity contribution in [2.45, 2.75) is 39.0 Å². The lowest BCUT2D eigenvalue weighted by Gasteiger charge is -2.24. The van der Waals surface area contributed by atoms with Crippen LogP contribution in [-0.4, -0.2) is 35.6 Å². The fourth-order valence-electron chi connectivity index (χ4n) is 3.18. The van der Waals surface area contributed by atoms with Gasteiger partial charge in [0, 0.05) is 13.1 Å². The fourth-order valence-corrected chi connectivity index (χ4v) is 3.18. The average molecular weight is 211 g/mol. The highest BCUT2D eigenvalue weighted by molar-refractivity contribution is 5.69. The average Bonchev–Trinajstić information content (AvgIpc) is 2.78. The van der Waals surface area contributed by atoms with Gasteiger partial charge in [0.2, 0.25) is 0 Å². The zero-order valence-electron chi connectivity index (χ0n) is 9.54. The first-order chi connectivity index (χ1) is 7.11. The summed E-state index contributed by atoms with van der Waals surface area (Å²) in [5, 5.41) is 8.87. The number of rotatable bonds is 3. The van der Waals surface area contributed by atoms with E-state index in [0.717, 1.165) is 19.6 Å². The van der Waals surface area contributed by atoms with Crippen molar-refractivity contribution in [1.29, 1.82) is 0 Å². The highest BCUT2D eigenvalue weighted by Crippen LogP contribution is 2.45. The van der Waals surface area contributed by atoms with E-state index >= 15 is 0 Å². The third kappa shape index (κ3) is 2.33. The fraction of sp³-hybridized carbons (Fsp3) is 0.917. The Morgan fingerprint density at radius 3 is 2.67 bits per heavy atom. The Bertz CT molecular complexity index is 246. The van der Waals surface area contributed by atoms with Gasteiger partial charge in [0.1, 0.15) is 0 Å². The van der Waals surface area contributed by atoms with E-state index < -0.39 is 5.97 Å². The number of hydrogen-bond acceptors (Lipinski definition) is 2. The van der Waals surface area contributed by atoms with E-state index in [4.69, 9.17) is 5.11 Å². The van der Waals surface area contributed by atoms with Crippen LogP contribution in [-0.2, 0) is 4.79 Å². The van der Waals surface area contributed by atoms with Crippen LogP contribution in [0.3, 0.4) is 0 Å². The summed E-state index contributed by atoms with van der Waals surface area (Å²) in [6, 6.07) is 0. The summed E-state index contributed by atoms with van der Waals surface area (Å²) in [5.41, 5.74) is 0.568. The summed E-state index contributed by atoms with van der Waals surface area (Å²) in [7, 11) is 0. The minimum atomic E-state index is -0.664. The Balaban J connectivity index is 1.84. The molecule has 86 valence electrons. The number of nitrogens with zero attached hydrogens (tertiary/aromatic N) is 1. The van der Waals surface area contributed by atoms with E-state index in [2.05, 4.69) is 4.90 Å². The van der Waals surface area contributed by atoms with Gasteiger partial charge < -0.3 is 10.0 Å². The summed E-state index contributed by atoms with van der Waals surface area (Å²) < 4.78 is 0. The number of aliphatic carboxylic acids is 1. The second kappa shape index (κ2) is 4.12. The summed E-state index contributed by atoms with van der Waals surface area (Å²) in [6.07, 6.45) is 6.78. The molecule has 1 spiro atoms. The lowest BCUT2D eigenvalue weighted by atomic mass is 9.86. The molecule has 1 N–H and O–H groups in total. The molecule has 2 fully saturated rings. The molecule has 0 aromatic carbocycles. The van der Waals surface area contributed by atoms with E-state index in [9.17, 15) is 4.79 Å². The van der Waals surface area contributed by atoms with Gasteiger partial charge in [-0.3, -0.25) is 4.79 Å². The molecule has 0 radical (unpaired) electrons. The molecular formula is C12H21NO2. The van der Waals surface area contributed by atoms with Crippen molar-refractivity contribution in [3.05, 3.63) is 0 Å². The highest BCUT2D eigenvalue weighted by Gasteiger charge is 2.40. The van der Waals surface area contributed by atoms with Crippen molar-refractivity contribution < 1.29 is 9.90 Å². The van der Waals surface area contributed by atoms with Crippen LogP contribution in [0.15, 0.2) is 0 Å². The first kappa shape index (κ1) is 10.9. The molecule has 15 heavy (non-hydrogen) atoms. The molecular weight excluding hydrogens is 190 g/mol. The molecule has 1 saturated carbocycles. The van der Waals surface area contributed by atoms with Crippen LogP contribution < -0.4 is 0 Å². The van der Waals surface area contributed by atoms with Gasteiger partial charge in [0.25, 0.3) is 0 Å².